The van der Waals surface area contributed by atoms with Crippen LogP contribution in [0.3, 0.4) is 0 Å². The van der Waals surface area contributed by atoms with E-state index in [0.717, 1.165) is 12.1 Å². The summed E-state index contributed by atoms with van der Waals surface area (Å²) in [6.07, 6.45) is -4.56. The number of carbonyl (C=O) groups excluding carboxylic acids is 2. The van der Waals surface area contributed by atoms with Gasteiger partial charge in [0.05, 0.1) is 16.1 Å². The van der Waals surface area contributed by atoms with Crippen molar-refractivity contribution in [2.75, 3.05) is 10.8 Å². The van der Waals surface area contributed by atoms with E-state index in [1.54, 1.807) is 58.0 Å². The lowest BCUT2D eigenvalue weighted by molar-refractivity contribution is -0.141. The summed E-state index contributed by atoms with van der Waals surface area (Å²) in [7, 11) is -4.50. The van der Waals surface area contributed by atoms with Crippen LogP contribution in [0.2, 0.25) is 5.02 Å². The van der Waals surface area contributed by atoms with E-state index in [0.29, 0.717) is 21.0 Å². The van der Waals surface area contributed by atoms with Crippen molar-refractivity contribution in [3.05, 3.63) is 95.0 Å². The van der Waals surface area contributed by atoms with E-state index < -0.39 is 51.7 Å². The van der Waals surface area contributed by atoms with E-state index in [2.05, 4.69) is 5.32 Å². The Balaban J connectivity index is 2.11. The number of hydrogen-bond donors (Lipinski definition) is 1. The molecule has 226 valence electrons. The number of halogens is 4. The lowest BCUT2D eigenvalue weighted by Crippen LogP contribution is -2.55. The molecule has 0 heterocycles. The zero-order chi connectivity index (χ0) is 31.3. The van der Waals surface area contributed by atoms with Gasteiger partial charge in [-0.1, -0.05) is 54.9 Å². The molecule has 0 radical (unpaired) electrons. The fraction of sp³-hybridized carbons (Fsp3) is 0.333. The minimum Gasteiger partial charge on any atom is -0.350 e. The average molecular weight is 624 g/mol. The van der Waals surface area contributed by atoms with Crippen LogP contribution < -0.4 is 9.62 Å². The Morgan fingerprint density at radius 1 is 0.929 bits per heavy atom. The molecular weight excluding hydrogens is 591 g/mol. The molecule has 3 rings (SSSR count). The minimum absolute atomic E-state index is 0.0755. The van der Waals surface area contributed by atoms with Crippen molar-refractivity contribution in [1.82, 2.24) is 10.2 Å². The molecule has 1 unspecified atom stereocenters. The predicted octanol–water partition coefficient (Wildman–Crippen LogP) is 6.28. The van der Waals surface area contributed by atoms with Crippen LogP contribution in [0.15, 0.2) is 83.8 Å². The third kappa shape index (κ3) is 8.48. The van der Waals surface area contributed by atoms with Crippen molar-refractivity contribution in [2.24, 2.45) is 0 Å². The highest BCUT2D eigenvalue weighted by Crippen LogP contribution is 2.33. The third-order valence-electron chi connectivity index (χ3n) is 6.22. The molecule has 1 N–H and O–H groups in total. The van der Waals surface area contributed by atoms with Gasteiger partial charge in [0.15, 0.2) is 0 Å². The molecule has 0 fully saturated rings. The highest BCUT2D eigenvalue weighted by atomic mass is 35.5. The molecule has 12 heteroatoms. The predicted molar refractivity (Wildman–Crippen MR) is 156 cm³/mol. The Labute approximate surface area is 249 Å². The van der Waals surface area contributed by atoms with E-state index in [9.17, 15) is 31.2 Å². The van der Waals surface area contributed by atoms with E-state index in [1.807, 2.05) is 0 Å². The smallest absolute Gasteiger partial charge is 0.350 e. The van der Waals surface area contributed by atoms with Gasteiger partial charge in [-0.05, 0) is 75.2 Å². The number of benzene rings is 3. The van der Waals surface area contributed by atoms with Crippen LogP contribution >= 0.6 is 11.6 Å². The Morgan fingerprint density at radius 2 is 1.55 bits per heavy atom. The Hall–Kier alpha value is -3.57. The molecule has 0 saturated heterocycles. The molecule has 2 amide bonds. The van der Waals surface area contributed by atoms with Crippen LogP contribution in [0, 0.1) is 0 Å². The molecule has 0 aliphatic carbocycles. The van der Waals surface area contributed by atoms with E-state index >= 15 is 0 Å². The van der Waals surface area contributed by atoms with Crippen LogP contribution in [0.5, 0.6) is 0 Å². The first kappa shape index (κ1) is 32.9. The second-order valence-electron chi connectivity index (χ2n) is 10.7. The molecule has 0 aliphatic rings. The number of sulfonamides is 1. The van der Waals surface area contributed by atoms with Crippen LogP contribution in [0.25, 0.3) is 0 Å². The van der Waals surface area contributed by atoms with Crippen molar-refractivity contribution in [3.8, 4) is 0 Å². The number of rotatable bonds is 10. The molecule has 7 nitrogen and oxygen atoms in total. The lowest BCUT2D eigenvalue weighted by atomic mass is 10.1. The van der Waals surface area contributed by atoms with Gasteiger partial charge < -0.3 is 10.2 Å². The summed E-state index contributed by atoms with van der Waals surface area (Å²) < 4.78 is 69.0. The fourth-order valence-corrected chi connectivity index (χ4v) is 5.80. The molecule has 42 heavy (non-hydrogen) atoms. The second-order valence-corrected chi connectivity index (χ2v) is 13.0. The number of amides is 2. The topological polar surface area (TPSA) is 86.8 Å². The Morgan fingerprint density at radius 3 is 2.10 bits per heavy atom. The largest absolute Gasteiger partial charge is 0.416 e. The van der Waals surface area contributed by atoms with Crippen LogP contribution in [0.1, 0.15) is 45.2 Å². The molecule has 0 saturated carbocycles. The summed E-state index contributed by atoms with van der Waals surface area (Å²) in [5, 5.41) is 3.31. The molecule has 0 aliphatic heterocycles. The van der Waals surface area contributed by atoms with Gasteiger partial charge in [0, 0.05) is 17.1 Å². The quantitative estimate of drug-likeness (QED) is 0.288. The average Bonchev–Trinajstić information content (AvgIpc) is 2.91. The molecule has 0 bridgehead atoms. The first-order chi connectivity index (χ1) is 19.5. The van der Waals surface area contributed by atoms with Crippen LogP contribution in [-0.4, -0.2) is 43.3 Å². The van der Waals surface area contributed by atoms with Crippen molar-refractivity contribution in [1.29, 1.82) is 0 Å². The minimum atomic E-state index is -4.75. The van der Waals surface area contributed by atoms with Crippen molar-refractivity contribution < 1.29 is 31.2 Å². The lowest BCUT2D eigenvalue weighted by Gasteiger charge is -2.35. The maximum absolute atomic E-state index is 14.0. The molecular formula is C30H33ClF3N3O4S. The molecule has 3 aromatic rings. The zero-order valence-corrected chi connectivity index (χ0v) is 25.2. The number of hydrogen-bond acceptors (Lipinski definition) is 4. The van der Waals surface area contributed by atoms with Crippen molar-refractivity contribution >= 4 is 39.1 Å². The first-order valence-electron chi connectivity index (χ1n) is 13.1. The van der Waals surface area contributed by atoms with E-state index in [-0.39, 0.29) is 23.5 Å². The fourth-order valence-electron chi connectivity index (χ4n) is 4.24. The monoisotopic (exact) mass is 623 g/mol. The first-order valence-corrected chi connectivity index (χ1v) is 15.0. The highest BCUT2D eigenvalue weighted by Gasteiger charge is 2.36. The van der Waals surface area contributed by atoms with Gasteiger partial charge in [-0.25, -0.2) is 8.42 Å². The SMILES string of the molecule is CCC(C(=O)NC(C)(C)C)N(Cc1ccc(Cl)cc1)C(=O)CN(c1cccc(C(F)(F)F)c1)S(=O)(=O)c1ccccc1. The van der Waals surface area contributed by atoms with E-state index in [1.165, 1.54) is 35.2 Å². The van der Waals surface area contributed by atoms with Crippen LogP contribution in [0.4, 0.5) is 18.9 Å². The summed E-state index contributed by atoms with van der Waals surface area (Å²) in [6, 6.07) is 16.4. The molecule has 0 aromatic heterocycles. The summed E-state index contributed by atoms with van der Waals surface area (Å²) in [5.74, 6) is -1.23. The van der Waals surface area contributed by atoms with Gasteiger partial charge in [-0.3, -0.25) is 13.9 Å². The van der Waals surface area contributed by atoms with Crippen molar-refractivity contribution in [2.45, 2.75) is 63.3 Å². The number of nitrogens with zero attached hydrogens (tertiary/aromatic N) is 2. The Kier molecular flexibility index (Phi) is 10.3. The second kappa shape index (κ2) is 13.2. The number of alkyl halides is 3. The standard InChI is InChI=1S/C30H33ClF3N3O4S/c1-5-26(28(39)35-29(2,3)4)36(19-21-14-16-23(31)17-15-21)27(38)20-37(42(40,41)25-12-7-6-8-13-25)24-11-9-10-22(18-24)30(32,33)34/h6-18,26H,5,19-20H2,1-4H3,(H,35,39). The highest BCUT2D eigenvalue weighted by molar-refractivity contribution is 7.92. The third-order valence-corrected chi connectivity index (χ3v) is 8.26. The van der Waals surface area contributed by atoms with Gasteiger partial charge in [0.2, 0.25) is 11.8 Å². The van der Waals surface area contributed by atoms with Gasteiger partial charge in [-0.15, -0.1) is 0 Å². The number of anilines is 1. The van der Waals surface area contributed by atoms with E-state index in [4.69, 9.17) is 11.6 Å². The molecule has 3 aromatic carbocycles. The maximum Gasteiger partial charge on any atom is 0.416 e. The maximum atomic E-state index is 14.0. The van der Waals surface area contributed by atoms with Gasteiger partial charge in [0.25, 0.3) is 10.0 Å². The normalized spacial score (nSPS) is 12.9. The summed E-state index contributed by atoms with van der Waals surface area (Å²) in [4.78, 5) is 28.4. The zero-order valence-electron chi connectivity index (χ0n) is 23.7. The molecule has 0 spiro atoms. The number of carbonyl (C=O) groups is 2. The van der Waals surface area contributed by atoms with Gasteiger partial charge >= 0.3 is 6.18 Å². The number of nitrogens with one attached hydrogen (secondary N) is 1. The van der Waals surface area contributed by atoms with Crippen LogP contribution in [-0.2, 0) is 32.3 Å². The Bertz CT molecular complexity index is 1490. The van der Waals surface area contributed by atoms with Gasteiger partial charge in [-0.2, -0.15) is 13.2 Å². The summed E-state index contributed by atoms with van der Waals surface area (Å²) in [6.45, 7) is 6.12. The van der Waals surface area contributed by atoms with Gasteiger partial charge in [0.1, 0.15) is 12.6 Å². The van der Waals surface area contributed by atoms with Crippen molar-refractivity contribution in [3.63, 3.8) is 0 Å². The summed E-state index contributed by atoms with van der Waals surface area (Å²) >= 11 is 6.02. The summed E-state index contributed by atoms with van der Waals surface area (Å²) in [5.41, 5.74) is -1.43. The molecule has 1 atom stereocenters.